The lowest BCUT2D eigenvalue weighted by Crippen LogP contribution is -2.49. The summed E-state index contributed by atoms with van der Waals surface area (Å²) < 4.78 is 38.6. The van der Waals surface area contributed by atoms with Crippen molar-refractivity contribution in [3.63, 3.8) is 0 Å². The Hall–Kier alpha value is -2.65. The van der Waals surface area contributed by atoms with Crippen LogP contribution in [0.4, 0.5) is 24.7 Å². The van der Waals surface area contributed by atoms with Crippen LogP contribution in [0.1, 0.15) is 12.5 Å². The van der Waals surface area contributed by atoms with Crippen LogP contribution in [0, 0.1) is 0 Å². The number of hydrogen-bond donors (Lipinski definition) is 0. The van der Waals surface area contributed by atoms with Crippen molar-refractivity contribution in [2.24, 2.45) is 0 Å². The molecule has 6 nitrogen and oxygen atoms in total. The molecule has 0 saturated carbocycles. The van der Waals surface area contributed by atoms with Gasteiger partial charge in [-0.15, -0.1) is 0 Å². The van der Waals surface area contributed by atoms with Crippen LogP contribution in [-0.4, -0.2) is 73.0 Å². The average Bonchev–Trinajstić information content (AvgIpc) is 2.84. The molecule has 188 valence electrons. The first-order valence-corrected chi connectivity index (χ1v) is 12.1. The second-order valence-corrected chi connectivity index (χ2v) is 9.42. The van der Waals surface area contributed by atoms with Crippen LogP contribution in [0.15, 0.2) is 48.3 Å². The molecule has 0 unspecified atom stereocenters. The quantitative estimate of drug-likeness (QED) is 0.535. The number of piperazine rings is 2. The van der Waals surface area contributed by atoms with Crippen molar-refractivity contribution in [2.75, 3.05) is 62.2 Å². The molecular weight excluding hydrogens is 502 g/mol. The van der Waals surface area contributed by atoms with Crippen molar-refractivity contribution in [3.05, 3.63) is 63.9 Å². The number of allylic oxidation sites excluding steroid dienone is 1. The minimum absolute atomic E-state index is 0.0481. The maximum absolute atomic E-state index is 12.9. The van der Waals surface area contributed by atoms with Crippen LogP contribution in [0.3, 0.4) is 0 Å². The molecule has 1 aromatic heterocycles. The number of hydrogen-bond acceptors (Lipinski definition) is 5. The molecule has 2 saturated heterocycles. The van der Waals surface area contributed by atoms with E-state index >= 15 is 0 Å². The number of carbonyl (C=O) groups is 1. The van der Waals surface area contributed by atoms with Gasteiger partial charge in [0.15, 0.2) is 0 Å². The number of carbonyl (C=O) groups excluding carboxylic acids is 1. The lowest BCUT2D eigenvalue weighted by Gasteiger charge is -2.38. The van der Waals surface area contributed by atoms with Gasteiger partial charge in [-0.1, -0.05) is 23.2 Å². The second-order valence-electron chi connectivity index (χ2n) is 8.58. The van der Waals surface area contributed by atoms with Gasteiger partial charge in [0.05, 0.1) is 10.6 Å². The third kappa shape index (κ3) is 6.13. The number of aromatic nitrogens is 1. The first-order valence-electron chi connectivity index (χ1n) is 11.3. The summed E-state index contributed by atoms with van der Waals surface area (Å²) in [6.07, 6.45) is -2.04. The van der Waals surface area contributed by atoms with E-state index in [1.165, 1.54) is 0 Å². The highest BCUT2D eigenvalue weighted by atomic mass is 35.5. The maximum atomic E-state index is 12.9. The molecule has 0 radical (unpaired) electrons. The summed E-state index contributed by atoms with van der Waals surface area (Å²) in [5, 5.41) is 0.664. The van der Waals surface area contributed by atoms with E-state index in [2.05, 4.69) is 14.8 Å². The Bertz CT molecular complexity index is 1080. The van der Waals surface area contributed by atoms with E-state index in [-0.39, 0.29) is 10.9 Å². The van der Waals surface area contributed by atoms with Gasteiger partial charge in [-0.2, -0.15) is 13.2 Å². The van der Waals surface area contributed by atoms with Crippen LogP contribution >= 0.6 is 23.2 Å². The molecule has 11 heteroatoms. The molecule has 4 rings (SSSR count). The highest BCUT2D eigenvalue weighted by molar-refractivity contribution is 6.33. The summed E-state index contributed by atoms with van der Waals surface area (Å²) >= 11 is 12.0. The van der Waals surface area contributed by atoms with Crippen molar-refractivity contribution in [1.82, 2.24) is 14.8 Å². The number of anilines is 2. The Balaban J connectivity index is 1.29. The summed E-state index contributed by atoms with van der Waals surface area (Å²) in [6, 6.07) is 8.68. The predicted molar refractivity (Wildman–Crippen MR) is 132 cm³/mol. The largest absolute Gasteiger partial charge is 0.417 e. The first kappa shape index (κ1) is 25.4. The molecule has 2 fully saturated rings. The molecule has 1 aromatic carbocycles. The molecule has 3 heterocycles. The smallest absolute Gasteiger partial charge is 0.371 e. The zero-order chi connectivity index (χ0) is 25.2. The van der Waals surface area contributed by atoms with Gasteiger partial charge in [-0.05, 0) is 37.3 Å². The predicted octanol–water partition coefficient (Wildman–Crippen LogP) is 4.78. The molecular formula is C24H26Cl2F3N5O. The third-order valence-electron chi connectivity index (χ3n) is 6.34. The lowest BCUT2D eigenvalue weighted by molar-refractivity contribution is -0.137. The zero-order valence-corrected chi connectivity index (χ0v) is 20.7. The number of halogens is 5. The molecule has 0 spiro atoms. The van der Waals surface area contributed by atoms with Crippen LogP contribution in [-0.2, 0) is 11.0 Å². The summed E-state index contributed by atoms with van der Waals surface area (Å²) in [7, 11) is 0. The van der Waals surface area contributed by atoms with Crippen molar-refractivity contribution < 1.29 is 18.0 Å². The van der Waals surface area contributed by atoms with Gasteiger partial charge in [-0.25, -0.2) is 4.98 Å². The van der Waals surface area contributed by atoms with E-state index in [0.29, 0.717) is 37.0 Å². The number of amides is 1. The average molecular weight is 528 g/mol. The van der Waals surface area contributed by atoms with Gasteiger partial charge >= 0.3 is 6.18 Å². The van der Waals surface area contributed by atoms with Crippen LogP contribution in [0.5, 0.6) is 0 Å². The topological polar surface area (TPSA) is 42.9 Å². The molecule has 0 bridgehead atoms. The van der Waals surface area contributed by atoms with Crippen LogP contribution in [0.2, 0.25) is 10.0 Å². The molecule has 2 aliphatic rings. The van der Waals surface area contributed by atoms with Gasteiger partial charge < -0.3 is 19.6 Å². The van der Waals surface area contributed by atoms with Crippen molar-refractivity contribution in [3.8, 4) is 0 Å². The molecule has 0 N–H and O–H groups in total. The van der Waals surface area contributed by atoms with Crippen LogP contribution < -0.4 is 9.80 Å². The number of alkyl halides is 3. The number of pyridine rings is 1. The standard InChI is InChI=1S/C24H26Cl2F3N5O/c1-17(31-6-8-32(9-7-31)20-4-2-19(25)3-5-20)14-22(35)33-10-12-34(13-11-33)23-21(26)15-18(16-30-23)24(27,28)29/h2-5,14-16H,6-13H2,1H3/b17-14+. The van der Waals surface area contributed by atoms with Gasteiger partial charge in [0, 0.05) is 81.0 Å². The van der Waals surface area contributed by atoms with E-state index < -0.39 is 11.7 Å². The Labute approximate surface area is 212 Å². The fourth-order valence-corrected chi connectivity index (χ4v) is 4.70. The summed E-state index contributed by atoms with van der Waals surface area (Å²) in [5.41, 5.74) is 1.17. The van der Waals surface area contributed by atoms with Gasteiger partial charge in [0.2, 0.25) is 5.91 Å². The SMILES string of the molecule is C/C(=C\C(=O)N1CCN(c2ncc(C(F)(F)F)cc2Cl)CC1)N1CCN(c2ccc(Cl)cc2)CC1. The fourth-order valence-electron chi connectivity index (χ4n) is 4.29. The van der Waals surface area contributed by atoms with E-state index in [1.807, 2.05) is 31.2 Å². The minimum Gasteiger partial charge on any atom is -0.371 e. The van der Waals surface area contributed by atoms with Crippen molar-refractivity contribution in [2.45, 2.75) is 13.1 Å². The number of nitrogens with zero attached hydrogens (tertiary/aromatic N) is 5. The molecule has 35 heavy (non-hydrogen) atoms. The van der Waals surface area contributed by atoms with E-state index in [0.717, 1.165) is 49.8 Å². The normalized spacial score (nSPS) is 17.7. The van der Waals surface area contributed by atoms with Crippen molar-refractivity contribution >= 4 is 40.6 Å². The van der Waals surface area contributed by atoms with Gasteiger partial charge in [0.25, 0.3) is 0 Å². The van der Waals surface area contributed by atoms with Gasteiger partial charge in [0.1, 0.15) is 5.82 Å². The Kier molecular flexibility index (Phi) is 7.66. The van der Waals surface area contributed by atoms with Crippen LogP contribution in [0.25, 0.3) is 0 Å². The summed E-state index contributed by atoms with van der Waals surface area (Å²) in [6.45, 7) is 7.01. The second kappa shape index (κ2) is 10.5. The fraction of sp³-hybridized carbons (Fsp3) is 0.417. The summed E-state index contributed by atoms with van der Waals surface area (Å²) in [5.74, 6) is 0.228. The van der Waals surface area contributed by atoms with E-state index in [9.17, 15) is 18.0 Å². The highest BCUT2D eigenvalue weighted by Crippen LogP contribution is 2.33. The van der Waals surface area contributed by atoms with E-state index in [4.69, 9.17) is 23.2 Å². The monoisotopic (exact) mass is 527 g/mol. The number of benzene rings is 1. The molecule has 0 aliphatic carbocycles. The Morgan fingerprint density at radius 1 is 0.914 bits per heavy atom. The van der Waals surface area contributed by atoms with E-state index in [1.54, 1.807) is 15.9 Å². The lowest BCUT2D eigenvalue weighted by atomic mass is 10.2. The third-order valence-corrected chi connectivity index (χ3v) is 6.87. The number of rotatable bonds is 4. The highest BCUT2D eigenvalue weighted by Gasteiger charge is 2.32. The molecule has 2 aromatic rings. The molecule has 1 amide bonds. The maximum Gasteiger partial charge on any atom is 0.417 e. The Morgan fingerprint density at radius 3 is 2.06 bits per heavy atom. The van der Waals surface area contributed by atoms with Gasteiger partial charge in [-0.3, -0.25) is 4.79 Å². The minimum atomic E-state index is -4.49. The molecule has 2 aliphatic heterocycles. The Morgan fingerprint density at radius 2 is 1.49 bits per heavy atom. The molecule has 0 atom stereocenters. The zero-order valence-electron chi connectivity index (χ0n) is 19.2. The van der Waals surface area contributed by atoms with Crippen molar-refractivity contribution in [1.29, 1.82) is 0 Å². The summed E-state index contributed by atoms with van der Waals surface area (Å²) in [4.78, 5) is 24.8. The first-order chi connectivity index (χ1) is 16.6.